The number of hydrogen-bond donors (Lipinski definition) is 0. The Kier molecular flexibility index (Phi) is 11.1. The van der Waals surface area contributed by atoms with Crippen LogP contribution in [-0.4, -0.2) is 94.8 Å². The van der Waals surface area contributed by atoms with Gasteiger partial charge in [-0.05, 0) is 78.6 Å². The number of piperidine rings is 2. The van der Waals surface area contributed by atoms with Crippen molar-refractivity contribution in [3.05, 3.63) is 12.4 Å². The second-order valence-electron chi connectivity index (χ2n) is 13.7. The van der Waals surface area contributed by atoms with E-state index in [1.165, 1.54) is 0 Å². The van der Waals surface area contributed by atoms with E-state index in [9.17, 15) is 14.4 Å². The van der Waals surface area contributed by atoms with E-state index in [1.54, 1.807) is 12.4 Å². The van der Waals surface area contributed by atoms with Gasteiger partial charge in [-0.2, -0.15) is 0 Å². The fraction of sp³-hybridized carbons (Fsp3) is 0.781. The van der Waals surface area contributed by atoms with E-state index in [-0.39, 0.29) is 42.5 Å². The van der Waals surface area contributed by atoms with Gasteiger partial charge in [-0.1, -0.05) is 6.92 Å². The van der Waals surface area contributed by atoms with E-state index >= 15 is 0 Å². The van der Waals surface area contributed by atoms with Gasteiger partial charge in [-0.15, -0.1) is 0 Å². The number of esters is 1. The molecule has 1 aromatic rings. The molecule has 0 unspecified atom stereocenters. The third-order valence-electron chi connectivity index (χ3n) is 8.69. The van der Waals surface area contributed by atoms with Crippen LogP contribution in [0.3, 0.4) is 0 Å². The first-order valence-electron chi connectivity index (χ1n) is 16.1. The predicted octanol–water partition coefficient (Wildman–Crippen LogP) is 4.69. The SMILES string of the molecule is CC(C)OC(=O)N1CCC([C@H](C)CCOc2cnc(N3C[C@H](CC(=O)OC(C)(C)C)[C@@H](N4CCCCC4=O)C3)nc2)CC1. The van der Waals surface area contributed by atoms with Gasteiger partial charge in [0.15, 0.2) is 5.75 Å². The normalized spacial score (nSPS) is 22.6. The maximum absolute atomic E-state index is 12.8. The molecule has 0 aliphatic carbocycles. The van der Waals surface area contributed by atoms with Crippen molar-refractivity contribution in [1.82, 2.24) is 19.8 Å². The van der Waals surface area contributed by atoms with Crippen LogP contribution in [0.2, 0.25) is 0 Å². The molecule has 2 amide bonds. The molecule has 0 spiro atoms. The lowest BCUT2D eigenvalue weighted by Crippen LogP contribution is -2.47. The molecule has 43 heavy (non-hydrogen) atoms. The summed E-state index contributed by atoms with van der Waals surface area (Å²) >= 11 is 0. The van der Waals surface area contributed by atoms with E-state index in [1.807, 2.05) is 44.4 Å². The fourth-order valence-corrected chi connectivity index (χ4v) is 6.42. The fourth-order valence-electron chi connectivity index (χ4n) is 6.42. The number of anilines is 1. The Morgan fingerprint density at radius 3 is 2.35 bits per heavy atom. The first-order valence-corrected chi connectivity index (χ1v) is 16.1. The standard InChI is InChI=1S/C32H51N5O6/c1-22(2)42-31(40)35-14-10-24(11-15-35)23(3)12-16-41-26-18-33-30(34-19-26)36-20-25(17-29(39)43-32(4,5)6)27(21-36)37-13-8-7-9-28(37)38/h18-19,22-25,27H,7-17,20-21H2,1-6H3/t23-,25+,27+/m1/s1. The van der Waals surface area contributed by atoms with Crippen LogP contribution in [0.15, 0.2) is 12.4 Å². The lowest BCUT2D eigenvalue weighted by atomic mass is 9.84. The second-order valence-corrected chi connectivity index (χ2v) is 13.7. The Hall–Kier alpha value is -3.11. The van der Waals surface area contributed by atoms with E-state index < -0.39 is 5.60 Å². The maximum atomic E-state index is 12.8. The van der Waals surface area contributed by atoms with Gasteiger partial charge in [0.2, 0.25) is 11.9 Å². The summed E-state index contributed by atoms with van der Waals surface area (Å²) in [6.45, 7) is 15.5. The van der Waals surface area contributed by atoms with Crippen molar-refractivity contribution in [2.24, 2.45) is 17.8 Å². The Morgan fingerprint density at radius 1 is 1.02 bits per heavy atom. The van der Waals surface area contributed by atoms with Gasteiger partial charge >= 0.3 is 12.1 Å². The average Bonchev–Trinajstić information content (AvgIpc) is 3.35. The Bertz CT molecular complexity index is 1080. The molecule has 240 valence electrons. The minimum Gasteiger partial charge on any atom is -0.490 e. The first kappa shape index (κ1) is 32.8. The number of carbonyl (C=O) groups excluding carboxylic acids is 3. The largest absolute Gasteiger partial charge is 0.490 e. The van der Waals surface area contributed by atoms with Crippen LogP contribution >= 0.6 is 0 Å². The lowest BCUT2D eigenvalue weighted by molar-refractivity contribution is -0.157. The third-order valence-corrected chi connectivity index (χ3v) is 8.69. The number of ether oxygens (including phenoxy) is 3. The van der Waals surface area contributed by atoms with Crippen LogP contribution < -0.4 is 9.64 Å². The number of carbonyl (C=O) groups is 3. The second kappa shape index (κ2) is 14.6. The molecule has 0 saturated carbocycles. The third kappa shape index (κ3) is 9.44. The number of aromatic nitrogens is 2. The molecule has 3 atom stereocenters. The van der Waals surface area contributed by atoms with E-state index in [4.69, 9.17) is 14.2 Å². The van der Waals surface area contributed by atoms with Crippen molar-refractivity contribution in [2.45, 2.75) is 104 Å². The number of nitrogens with zero attached hydrogens (tertiary/aromatic N) is 5. The number of amides is 2. The predicted molar refractivity (Wildman–Crippen MR) is 163 cm³/mol. The van der Waals surface area contributed by atoms with Gasteiger partial charge in [0.25, 0.3) is 0 Å². The zero-order valence-corrected chi connectivity index (χ0v) is 26.9. The minimum absolute atomic E-state index is 0.0503. The maximum Gasteiger partial charge on any atom is 0.410 e. The van der Waals surface area contributed by atoms with Crippen LogP contribution in [-0.2, 0) is 19.1 Å². The molecule has 1 aromatic heterocycles. The Balaban J connectivity index is 1.27. The molecule has 3 fully saturated rings. The zero-order chi connectivity index (χ0) is 31.1. The number of hydrogen-bond acceptors (Lipinski definition) is 9. The molecule has 4 heterocycles. The van der Waals surface area contributed by atoms with Crippen LogP contribution in [0.4, 0.5) is 10.7 Å². The summed E-state index contributed by atoms with van der Waals surface area (Å²) < 4.78 is 16.9. The van der Waals surface area contributed by atoms with E-state index in [2.05, 4.69) is 21.8 Å². The monoisotopic (exact) mass is 601 g/mol. The van der Waals surface area contributed by atoms with Crippen molar-refractivity contribution >= 4 is 23.9 Å². The highest BCUT2D eigenvalue weighted by atomic mass is 16.6. The topological polar surface area (TPSA) is 114 Å². The van der Waals surface area contributed by atoms with Gasteiger partial charge in [0.1, 0.15) is 5.60 Å². The summed E-state index contributed by atoms with van der Waals surface area (Å²) in [4.78, 5) is 52.7. The summed E-state index contributed by atoms with van der Waals surface area (Å²) in [5, 5.41) is 0. The lowest BCUT2D eigenvalue weighted by Gasteiger charge is -2.35. The summed E-state index contributed by atoms with van der Waals surface area (Å²) in [5.41, 5.74) is -0.552. The molecule has 11 heteroatoms. The highest BCUT2D eigenvalue weighted by molar-refractivity contribution is 5.78. The molecular formula is C32H51N5O6. The van der Waals surface area contributed by atoms with Gasteiger partial charge in [-0.25, -0.2) is 14.8 Å². The van der Waals surface area contributed by atoms with Crippen molar-refractivity contribution in [3.8, 4) is 5.75 Å². The van der Waals surface area contributed by atoms with Crippen molar-refractivity contribution in [3.63, 3.8) is 0 Å². The highest BCUT2D eigenvalue weighted by Crippen LogP contribution is 2.31. The minimum atomic E-state index is -0.552. The highest BCUT2D eigenvalue weighted by Gasteiger charge is 2.41. The molecule has 4 rings (SSSR count). The summed E-state index contributed by atoms with van der Waals surface area (Å²) in [6.07, 6.45) is 8.66. The molecule has 0 N–H and O–H groups in total. The molecule has 11 nitrogen and oxygen atoms in total. The molecule has 0 aromatic carbocycles. The summed E-state index contributed by atoms with van der Waals surface area (Å²) in [5.74, 6) is 2.08. The van der Waals surface area contributed by atoms with Crippen LogP contribution in [0, 0.1) is 17.8 Å². The quantitative estimate of drug-likeness (QED) is 0.353. The van der Waals surface area contributed by atoms with E-state index in [0.29, 0.717) is 49.7 Å². The molecular weight excluding hydrogens is 550 g/mol. The number of rotatable bonds is 10. The molecule has 0 radical (unpaired) electrons. The molecule has 3 aliphatic heterocycles. The smallest absolute Gasteiger partial charge is 0.410 e. The van der Waals surface area contributed by atoms with Crippen molar-refractivity contribution < 1.29 is 28.6 Å². The van der Waals surface area contributed by atoms with E-state index in [0.717, 1.165) is 51.7 Å². The zero-order valence-electron chi connectivity index (χ0n) is 26.9. The van der Waals surface area contributed by atoms with Gasteiger partial charge in [0.05, 0.1) is 37.6 Å². The van der Waals surface area contributed by atoms with Crippen LogP contribution in [0.1, 0.15) is 86.5 Å². The van der Waals surface area contributed by atoms with Crippen LogP contribution in [0.5, 0.6) is 5.75 Å². The Labute approximate surface area is 256 Å². The van der Waals surface area contributed by atoms with Crippen molar-refractivity contribution in [1.29, 1.82) is 0 Å². The van der Waals surface area contributed by atoms with Crippen LogP contribution in [0.25, 0.3) is 0 Å². The summed E-state index contributed by atoms with van der Waals surface area (Å²) in [7, 11) is 0. The van der Waals surface area contributed by atoms with Gasteiger partial charge in [-0.3, -0.25) is 9.59 Å². The van der Waals surface area contributed by atoms with Crippen molar-refractivity contribution in [2.75, 3.05) is 44.2 Å². The van der Waals surface area contributed by atoms with Gasteiger partial charge < -0.3 is 28.9 Å². The Morgan fingerprint density at radius 2 is 1.72 bits per heavy atom. The molecule has 0 bridgehead atoms. The molecule has 3 saturated heterocycles. The first-order chi connectivity index (χ1) is 20.4. The molecule has 3 aliphatic rings. The number of likely N-dealkylation sites (tertiary alicyclic amines) is 2. The summed E-state index contributed by atoms with van der Waals surface area (Å²) in [6, 6.07) is -0.0750. The average molecular weight is 602 g/mol. The van der Waals surface area contributed by atoms with Gasteiger partial charge in [0, 0.05) is 45.1 Å².